The van der Waals surface area contributed by atoms with E-state index in [1.54, 1.807) is 20.4 Å². The van der Waals surface area contributed by atoms with Crippen LogP contribution in [0.2, 0.25) is 0 Å². The molecule has 10 nitrogen and oxygen atoms in total. The van der Waals surface area contributed by atoms with Crippen molar-refractivity contribution >= 4 is 34.0 Å². The Morgan fingerprint density at radius 2 is 2.00 bits per heavy atom. The van der Waals surface area contributed by atoms with Gasteiger partial charge in [-0.05, 0) is 49.7 Å². The van der Waals surface area contributed by atoms with E-state index in [9.17, 15) is 4.79 Å². The van der Waals surface area contributed by atoms with E-state index in [1.807, 2.05) is 34.9 Å². The molecule has 2 aliphatic rings. The fourth-order valence-corrected chi connectivity index (χ4v) is 5.53. The van der Waals surface area contributed by atoms with Crippen LogP contribution in [0.15, 0.2) is 53.5 Å². The van der Waals surface area contributed by atoms with Crippen LogP contribution in [0.5, 0.6) is 11.5 Å². The second-order valence-corrected chi connectivity index (χ2v) is 9.90. The lowest BCUT2D eigenvalue weighted by atomic mass is 10.1. The molecule has 4 heterocycles. The number of benzene rings is 2. The highest BCUT2D eigenvalue weighted by Gasteiger charge is 2.27. The quantitative estimate of drug-likeness (QED) is 0.331. The molecular weight excluding hydrogens is 494 g/mol. The Morgan fingerprint density at radius 1 is 1.10 bits per heavy atom. The first-order valence-corrected chi connectivity index (χ1v) is 13.3. The Hall–Kier alpha value is -4.31. The number of fused-ring (bicyclic) bond motifs is 2. The summed E-state index contributed by atoms with van der Waals surface area (Å²) in [6, 6.07) is 13.8. The molecule has 0 spiro atoms. The molecule has 6 rings (SSSR count). The molecule has 0 unspecified atom stereocenters. The summed E-state index contributed by atoms with van der Waals surface area (Å²) in [6.07, 6.45) is 2.67. The Labute approximate surface area is 227 Å². The number of ether oxygens (including phenoxy) is 2. The molecule has 3 N–H and O–H groups in total. The predicted octanol–water partition coefficient (Wildman–Crippen LogP) is 3.83. The zero-order valence-electron chi connectivity index (χ0n) is 22.5. The average molecular weight is 528 g/mol. The van der Waals surface area contributed by atoms with Crippen molar-refractivity contribution in [2.75, 3.05) is 55.9 Å². The van der Waals surface area contributed by atoms with Crippen LogP contribution >= 0.6 is 0 Å². The molecule has 2 aliphatic heterocycles. The molecule has 39 heavy (non-hydrogen) atoms. The lowest BCUT2D eigenvalue weighted by Crippen LogP contribution is -2.37. The average Bonchev–Trinajstić information content (AvgIpc) is 3.50. The van der Waals surface area contributed by atoms with Gasteiger partial charge in [0.1, 0.15) is 22.8 Å². The number of nitrogens with zero attached hydrogens (tertiary/aromatic N) is 4. The maximum absolute atomic E-state index is 14.2. The van der Waals surface area contributed by atoms with E-state index in [2.05, 4.69) is 44.9 Å². The number of para-hydroxylation sites is 1. The van der Waals surface area contributed by atoms with Crippen molar-refractivity contribution in [3.05, 3.63) is 70.1 Å². The number of nitrogens with one attached hydrogen (secondary N) is 3. The monoisotopic (exact) mass is 527 g/mol. The van der Waals surface area contributed by atoms with Gasteiger partial charge in [-0.25, -0.2) is 4.98 Å². The maximum Gasteiger partial charge on any atom is 0.276 e. The summed E-state index contributed by atoms with van der Waals surface area (Å²) in [5.41, 5.74) is 5.44. The normalized spacial score (nSPS) is 16.6. The molecule has 0 amide bonds. The topological polar surface area (TPSA) is 106 Å². The van der Waals surface area contributed by atoms with Crippen molar-refractivity contribution in [2.24, 2.45) is 0 Å². The second kappa shape index (κ2) is 10.5. The largest absolute Gasteiger partial charge is 0.497 e. The Bertz CT molecular complexity index is 1580. The number of aromatic nitrogens is 3. The first kappa shape index (κ1) is 25.0. The summed E-state index contributed by atoms with van der Waals surface area (Å²) in [7, 11) is 3.26. The molecule has 2 aromatic heterocycles. The molecule has 1 atom stereocenters. The molecule has 0 saturated carbocycles. The third-order valence-electron chi connectivity index (χ3n) is 7.55. The van der Waals surface area contributed by atoms with Gasteiger partial charge in [-0.1, -0.05) is 12.1 Å². The molecule has 4 aromatic rings. The van der Waals surface area contributed by atoms with E-state index in [-0.39, 0.29) is 11.6 Å². The van der Waals surface area contributed by atoms with Crippen molar-refractivity contribution in [3.8, 4) is 11.5 Å². The minimum Gasteiger partial charge on any atom is -0.497 e. The van der Waals surface area contributed by atoms with Crippen molar-refractivity contribution in [1.82, 2.24) is 19.9 Å². The zero-order valence-corrected chi connectivity index (χ0v) is 22.5. The van der Waals surface area contributed by atoms with Crippen molar-refractivity contribution < 1.29 is 9.47 Å². The predicted molar refractivity (Wildman–Crippen MR) is 154 cm³/mol. The molecule has 1 fully saturated rings. The van der Waals surface area contributed by atoms with Crippen molar-refractivity contribution in [3.63, 3.8) is 0 Å². The van der Waals surface area contributed by atoms with Gasteiger partial charge in [-0.2, -0.15) is 4.98 Å². The standard InChI is InChI=1S/C29H33N7O3/c1-18-5-4-6-23-26(18)31-11-12-35(23)24-13-20-16-33-29(32-15-19-7-8-22(38-2)14-25(19)39-3)34-27(20)36(28(24)37)21-9-10-30-17-21/h4-8,13-14,16,21,30-31H,9-12,15,17H2,1-3H3,(H,32,33,34)/t21-/m0/s1. The molecule has 2 aromatic carbocycles. The molecule has 0 radical (unpaired) electrons. The number of pyridine rings is 1. The van der Waals surface area contributed by atoms with Crippen LogP contribution in [0.3, 0.4) is 0 Å². The van der Waals surface area contributed by atoms with E-state index in [0.29, 0.717) is 36.1 Å². The number of methoxy groups -OCH3 is 2. The van der Waals surface area contributed by atoms with Crippen LogP contribution in [0, 0.1) is 6.92 Å². The molecular formula is C29H33N7O3. The summed E-state index contributed by atoms with van der Waals surface area (Å²) >= 11 is 0. The molecule has 1 saturated heterocycles. The van der Waals surface area contributed by atoms with Crippen molar-refractivity contribution in [2.45, 2.75) is 25.9 Å². The lowest BCUT2D eigenvalue weighted by molar-refractivity contribution is 0.391. The first-order chi connectivity index (χ1) is 19.1. The molecule has 202 valence electrons. The highest BCUT2D eigenvalue weighted by molar-refractivity contribution is 5.85. The smallest absolute Gasteiger partial charge is 0.276 e. The highest BCUT2D eigenvalue weighted by atomic mass is 16.5. The number of anilines is 4. The third-order valence-corrected chi connectivity index (χ3v) is 7.55. The van der Waals surface area contributed by atoms with Gasteiger partial charge < -0.3 is 30.3 Å². The zero-order chi connectivity index (χ0) is 26.9. The van der Waals surface area contributed by atoms with Gasteiger partial charge in [0, 0.05) is 49.4 Å². The molecule has 0 aliphatic carbocycles. The van der Waals surface area contributed by atoms with Gasteiger partial charge in [-0.15, -0.1) is 0 Å². The van der Waals surface area contributed by atoms with Gasteiger partial charge in [0.2, 0.25) is 5.95 Å². The summed E-state index contributed by atoms with van der Waals surface area (Å²) in [5.74, 6) is 1.90. The van der Waals surface area contributed by atoms with Gasteiger partial charge in [0.05, 0.1) is 31.6 Å². The summed E-state index contributed by atoms with van der Waals surface area (Å²) in [4.78, 5) is 25.7. The lowest BCUT2D eigenvalue weighted by Gasteiger charge is -2.33. The van der Waals surface area contributed by atoms with Gasteiger partial charge in [0.25, 0.3) is 5.56 Å². The number of hydrogen-bond donors (Lipinski definition) is 3. The Kier molecular flexibility index (Phi) is 6.70. The Morgan fingerprint density at radius 3 is 2.79 bits per heavy atom. The van der Waals surface area contributed by atoms with Gasteiger partial charge in [-0.3, -0.25) is 9.36 Å². The fraction of sp³-hybridized carbons (Fsp3) is 0.345. The minimum atomic E-state index is -0.0352. The van der Waals surface area contributed by atoms with E-state index < -0.39 is 0 Å². The summed E-state index contributed by atoms with van der Waals surface area (Å²) in [6.45, 7) is 5.60. The van der Waals surface area contributed by atoms with Crippen LogP contribution in [0.1, 0.15) is 23.6 Å². The molecule has 10 heteroatoms. The maximum atomic E-state index is 14.2. The fourth-order valence-electron chi connectivity index (χ4n) is 5.53. The van der Waals surface area contributed by atoms with E-state index in [1.165, 1.54) is 0 Å². The first-order valence-electron chi connectivity index (χ1n) is 13.3. The minimum absolute atomic E-state index is 0.0178. The second-order valence-electron chi connectivity index (χ2n) is 9.90. The summed E-state index contributed by atoms with van der Waals surface area (Å²) in [5, 5.41) is 11.0. The van der Waals surface area contributed by atoms with E-state index in [0.717, 1.165) is 59.7 Å². The van der Waals surface area contributed by atoms with Crippen molar-refractivity contribution in [1.29, 1.82) is 0 Å². The van der Waals surface area contributed by atoms with E-state index in [4.69, 9.17) is 14.5 Å². The highest BCUT2D eigenvalue weighted by Crippen LogP contribution is 2.36. The summed E-state index contributed by atoms with van der Waals surface area (Å²) < 4.78 is 12.7. The van der Waals surface area contributed by atoms with Crippen LogP contribution < -0.4 is 35.9 Å². The van der Waals surface area contributed by atoms with Gasteiger partial charge >= 0.3 is 0 Å². The third kappa shape index (κ3) is 4.61. The number of hydrogen-bond acceptors (Lipinski definition) is 9. The van der Waals surface area contributed by atoms with Crippen LogP contribution in [-0.4, -0.2) is 54.9 Å². The number of rotatable bonds is 7. The van der Waals surface area contributed by atoms with Crippen LogP contribution in [0.25, 0.3) is 11.0 Å². The number of aryl methyl sites for hydroxylation is 1. The Balaban J connectivity index is 1.40. The van der Waals surface area contributed by atoms with E-state index >= 15 is 0 Å². The van der Waals surface area contributed by atoms with Crippen LogP contribution in [0.4, 0.5) is 23.0 Å². The van der Waals surface area contributed by atoms with Crippen LogP contribution in [-0.2, 0) is 6.54 Å². The van der Waals surface area contributed by atoms with Gasteiger partial charge in [0.15, 0.2) is 0 Å². The molecule has 0 bridgehead atoms. The SMILES string of the molecule is COc1ccc(CNc2ncc3cc(N4CCNc5c(C)cccc54)c(=O)n([C@H]4CCNC4)c3n2)c(OC)c1.